The molecule has 0 amide bonds. The van der Waals surface area contributed by atoms with Gasteiger partial charge in [0.2, 0.25) is 6.10 Å². The van der Waals surface area contributed by atoms with Gasteiger partial charge in [-0.1, -0.05) is 36.4 Å². The van der Waals surface area contributed by atoms with E-state index in [-0.39, 0.29) is 17.1 Å². The molecule has 0 spiro atoms. The highest BCUT2D eigenvalue weighted by atomic mass is 16.6. The molecule has 0 heterocycles. The summed E-state index contributed by atoms with van der Waals surface area (Å²) in [5, 5.41) is 11.6. The number of fused-ring (bicyclic) bond motifs is 1. The van der Waals surface area contributed by atoms with E-state index in [0.717, 1.165) is 10.8 Å². The van der Waals surface area contributed by atoms with Crippen LogP contribution in [0.15, 0.2) is 60.7 Å². The van der Waals surface area contributed by atoms with E-state index in [1.165, 1.54) is 32.0 Å². The van der Waals surface area contributed by atoms with Crippen LogP contribution >= 0.6 is 0 Å². The highest BCUT2D eigenvalue weighted by molar-refractivity contribution is 5.84. The lowest BCUT2D eigenvalue weighted by atomic mass is 10.1. The highest BCUT2D eigenvalue weighted by Gasteiger charge is 2.24. The van der Waals surface area contributed by atoms with Crippen molar-refractivity contribution < 1.29 is 33.7 Å². The molecule has 29 heavy (non-hydrogen) atoms. The molecule has 0 aliphatic carbocycles. The number of benzene rings is 3. The fraction of sp³-hybridized carbons (Fsp3) is 0.136. The Balaban J connectivity index is 1.95. The second-order valence-corrected chi connectivity index (χ2v) is 6.24. The van der Waals surface area contributed by atoms with Crippen LogP contribution in [0.5, 0.6) is 17.2 Å². The molecule has 3 rings (SSSR count). The van der Waals surface area contributed by atoms with Crippen molar-refractivity contribution in [1.82, 2.24) is 0 Å². The molecule has 1 atom stereocenters. The lowest BCUT2D eigenvalue weighted by molar-refractivity contribution is -0.145. The molecule has 0 radical (unpaired) electrons. The minimum atomic E-state index is -1.36. The number of carboxylic acid groups (broad SMARTS) is 1. The average Bonchev–Trinajstić information content (AvgIpc) is 2.66. The quantitative estimate of drug-likeness (QED) is 0.500. The van der Waals surface area contributed by atoms with Gasteiger partial charge in [0.25, 0.3) is 0 Å². The molecule has 0 aliphatic heterocycles. The molecular formula is C22H18O7. The third-order valence-electron chi connectivity index (χ3n) is 3.98. The van der Waals surface area contributed by atoms with E-state index < -0.39 is 24.0 Å². The van der Waals surface area contributed by atoms with Crippen LogP contribution in [0.3, 0.4) is 0 Å². The van der Waals surface area contributed by atoms with Gasteiger partial charge in [0.05, 0.1) is 0 Å². The van der Waals surface area contributed by atoms with Crippen molar-refractivity contribution >= 4 is 28.7 Å². The van der Waals surface area contributed by atoms with Gasteiger partial charge in [0.1, 0.15) is 5.75 Å². The van der Waals surface area contributed by atoms with Crippen molar-refractivity contribution in [3.8, 4) is 17.2 Å². The van der Waals surface area contributed by atoms with Crippen molar-refractivity contribution in [3.05, 3.63) is 66.2 Å². The third-order valence-corrected chi connectivity index (χ3v) is 3.98. The van der Waals surface area contributed by atoms with Crippen molar-refractivity contribution in [2.24, 2.45) is 0 Å². The highest BCUT2D eigenvalue weighted by Crippen LogP contribution is 2.33. The van der Waals surface area contributed by atoms with Crippen LogP contribution in [0.25, 0.3) is 10.8 Å². The number of aliphatic carboxylic acids is 1. The predicted molar refractivity (Wildman–Crippen MR) is 104 cm³/mol. The minimum Gasteiger partial charge on any atom is -0.478 e. The topological polar surface area (TPSA) is 99.1 Å². The Morgan fingerprint density at radius 3 is 2.10 bits per heavy atom. The zero-order valence-corrected chi connectivity index (χ0v) is 15.7. The number of ether oxygens (including phenoxy) is 3. The van der Waals surface area contributed by atoms with Crippen molar-refractivity contribution in [2.75, 3.05) is 0 Å². The second kappa shape index (κ2) is 8.43. The Hall–Kier alpha value is -3.87. The second-order valence-electron chi connectivity index (χ2n) is 6.24. The van der Waals surface area contributed by atoms with Crippen molar-refractivity contribution in [1.29, 1.82) is 0 Å². The fourth-order valence-corrected chi connectivity index (χ4v) is 2.80. The maximum Gasteiger partial charge on any atom is 0.349 e. The Morgan fingerprint density at radius 2 is 1.45 bits per heavy atom. The molecule has 1 N–H and O–H groups in total. The molecule has 0 unspecified atom stereocenters. The number of hydrogen-bond donors (Lipinski definition) is 1. The van der Waals surface area contributed by atoms with Gasteiger partial charge in [-0.15, -0.1) is 0 Å². The molecule has 3 aromatic carbocycles. The predicted octanol–water partition coefficient (Wildman–Crippen LogP) is 3.90. The van der Waals surface area contributed by atoms with Crippen molar-refractivity contribution in [3.63, 3.8) is 0 Å². The summed E-state index contributed by atoms with van der Waals surface area (Å²) < 4.78 is 15.8. The van der Waals surface area contributed by atoms with Crippen LogP contribution < -0.4 is 14.2 Å². The molecule has 148 valence electrons. The number of carbonyl (C=O) groups excluding carboxylic acids is 2. The Kier molecular flexibility index (Phi) is 5.78. The van der Waals surface area contributed by atoms with Gasteiger partial charge in [0.15, 0.2) is 11.5 Å². The molecule has 7 nitrogen and oxygen atoms in total. The van der Waals surface area contributed by atoms with Crippen LogP contribution in [0.1, 0.15) is 25.5 Å². The Morgan fingerprint density at radius 1 is 0.793 bits per heavy atom. The lowest BCUT2D eigenvalue weighted by Gasteiger charge is -2.17. The van der Waals surface area contributed by atoms with E-state index in [0.29, 0.717) is 5.75 Å². The monoisotopic (exact) mass is 394 g/mol. The van der Waals surface area contributed by atoms with E-state index in [1.54, 1.807) is 12.1 Å². The number of rotatable bonds is 6. The molecule has 0 fully saturated rings. The first-order chi connectivity index (χ1) is 13.8. The van der Waals surface area contributed by atoms with Crippen LogP contribution in [0.2, 0.25) is 0 Å². The molecule has 0 saturated heterocycles. The van der Waals surface area contributed by atoms with Crippen molar-refractivity contribution in [2.45, 2.75) is 20.0 Å². The summed E-state index contributed by atoms with van der Waals surface area (Å²) in [6.45, 7) is 2.39. The van der Waals surface area contributed by atoms with Crippen LogP contribution in [0, 0.1) is 0 Å². The first kappa shape index (κ1) is 19.9. The molecular weight excluding hydrogens is 376 g/mol. The summed E-state index contributed by atoms with van der Waals surface area (Å²) >= 11 is 0. The standard InChI is InChI=1S/C22H18O7/c1-13(23)27-19-10-8-17(12-20(19)28-14(2)24)21(22(25)26)29-18-9-7-15-5-3-4-6-16(15)11-18/h3-12,21H,1-2H3,(H,25,26)/t21-/m0/s1. The summed E-state index contributed by atoms with van der Waals surface area (Å²) in [5.74, 6) is -2.17. The molecule has 3 aromatic rings. The Bertz CT molecular complexity index is 1090. The average molecular weight is 394 g/mol. The van der Waals surface area contributed by atoms with Gasteiger partial charge in [-0.05, 0) is 35.0 Å². The summed E-state index contributed by atoms with van der Waals surface area (Å²) in [6, 6.07) is 17.0. The van der Waals surface area contributed by atoms with E-state index in [2.05, 4.69) is 0 Å². The maximum absolute atomic E-state index is 11.8. The van der Waals surface area contributed by atoms with Gasteiger partial charge in [-0.25, -0.2) is 4.79 Å². The van der Waals surface area contributed by atoms with E-state index in [4.69, 9.17) is 14.2 Å². The fourth-order valence-electron chi connectivity index (χ4n) is 2.80. The largest absolute Gasteiger partial charge is 0.478 e. The first-order valence-electron chi connectivity index (χ1n) is 8.72. The van der Waals surface area contributed by atoms with Gasteiger partial charge in [0, 0.05) is 19.4 Å². The zero-order valence-electron chi connectivity index (χ0n) is 15.7. The summed E-state index contributed by atoms with van der Waals surface area (Å²) in [5.41, 5.74) is 0.220. The van der Waals surface area contributed by atoms with Crippen LogP contribution in [0.4, 0.5) is 0 Å². The van der Waals surface area contributed by atoms with Gasteiger partial charge in [-0.3, -0.25) is 9.59 Å². The molecule has 0 saturated carbocycles. The van der Waals surface area contributed by atoms with E-state index in [9.17, 15) is 19.5 Å². The van der Waals surface area contributed by atoms with Gasteiger partial charge < -0.3 is 19.3 Å². The lowest BCUT2D eigenvalue weighted by Crippen LogP contribution is -2.18. The van der Waals surface area contributed by atoms with E-state index in [1.807, 2.05) is 30.3 Å². The minimum absolute atomic E-state index is 0.00583. The molecule has 0 aromatic heterocycles. The van der Waals surface area contributed by atoms with E-state index >= 15 is 0 Å². The van der Waals surface area contributed by atoms with Crippen LogP contribution in [-0.4, -0.2) is 23.0 Å². The number of carbonyl (C=O) groups is 3. The molecule has 0 bridgehead atoms. The first-order valence-corrected chi connectivity index (χ1v) is 8.72. The van der Waals surface area contributed by atoms with Crippen LogP contribution in [-0.2, 0) is 14.4 Å². The normalized spacial score (nSPS) is 11.5. The SMILES string of the molecule is CC(=O)Oc1ccc([C@H](Oc2ccc3ccccc3c2)C(=O)O)cc1OC(C)=O. The van der Waals surface area contributed by atoms with Gasteiger partial charge >= 0.3 is 17.9 Å². The molecule has 0 aliphatic rings. The summed E-state index contributed by atoms with van der Waals surface area (Å²) in [7, 11) is 0. The number of esters is 2. The Labute approximate surface area is 166 Å². The molecule has 7 heteroatoms. The summed E-state index contributed by atoms with van der Waals surface area (Å²) in [4.78, 5) is 34.5. The van der Waals surface area contributed by atoms with Gasteiger partial charge in [-0.2, -0.15) is 0 Å². The maximum atomic E-state index is 11.8. The summed E-state index contributed by atoms with van der Waals surface area (Å²) in [6.07, 6.45) is -1.36. The zero-order chi connectivity index (χ0) is 21.0. The smallest absolute Gasteiger partial charge is 0.349 e. The number of hydrogen-bond acceptors (Lipinski definition) is 6. The number of carboxylic acids is 1. The third kappa shape index (κ3) is 4.90.